The Kier molecular flexibility index (Phi) is 6.57. The van der Waals surface area contributed by atoms with Gasteiger partial charge in [-0.05, 0) is 61.2 Å². The maximum Gasteiger partial charge on any atom is 0.294 e. The zero-order valence-corrected chi connectivity index (χ0v) is 19.3. The van der Waals surface area contributed by atoms with E-state index < -0.39 is 17.1 Å². The molecule has 0 radical (unpaired) electrons. The first-order chi connectivity index (χ1) is 15.8. The van der Waals surface area contributed by atoms with Gasteiger partial charge in [0.05, 0.1) is 17.6 Å². The number of hydrogen-bond donors (Lipinski definition) is 1. The molecule has 0 unspecified atom stereocenters. The number of carbonyl (C=O) groups is 3. The largest absolute Gasteiger partial charge is 0.496 e. The van der Waals surface area contributed by atoms with Crippen LogP contribution in [0.25, 0.3) is 17.4 Å². The summed E-state index contributed by atoms with van der Waals surface area (Å²) in [7, 11) is 1.54. The number of thioether (sulfide) groups is 1. The van der Waals surface area contributed by atoms with Crippen LogP contribution in [0.5, 0.6) is 5.75 Å². The van der Waals surface area contributed by atoms with E-state index in [0.717, 1.165) is 22.2 Å². The van der Waals surface area contributed by atoms with Gasteiger partial charge >= 0.3 is 0 Å². The van der Waals surface area contributed by atoms with Gasteiger partial charge in [-0.3, -0.25) is 19.3 Å². The van der Waals surface area contributed by atoms with Crippen molar-refractivity contribution < 1.29 is 23.5 Å². The first-order valence-corrected chi connectivity index (χ1v) is 11.1. The van der Waals surface area contributed by atoms with E-state index in [-0.39, 0.29) is 11.4 Å². The smallest absolute Gasteiger partial charge is 0.294 e. The monoisotopic (exact) mass is 482 g/mol. The van der Waals surface area contributed by atoms with E-state index in [9.17, 15) is 14.4 Å². The topological polar surface area (TPSA) is 88.9 Å². The number of benzene rings is 2. The maximum atomic E-state index is 12.7. The SMILES string of the molecule is COc1ccc(Cl)cc1-c1ccc(/C=C2/SC(=O)N(CC(=O)Nc3ccc(C)cc3)C2=O)o1. The Bertz CT molecular complexity index is 1270. The van der Waals surface area contributed by atoms with Crippen LogP contribution in [0.3, 0.4) is 0 Å². The lowest BCUT2D eigenvalue weighted by molar-refractivity contribution is -0.127. The lowest BCUT2D eigenvalue weighted by Crippen LogP contribution is -2.36. The summed E-state index contributed by atoms with van der Waals surface area (Å²) < 4.78 is 11.2. The number of nitrogens with one attached hydrogen (secondary N) is 1. The van der Waals surface area contributed by atoms with Crippen molar-refractivity contribution in [3.63, 3.8) is 0 Å². The molecule has 4 rings (SSSR count). The fourth-order valence-electron chi connectivity index (χ4n) is 3.19. The number of ether oxygens (including phenoxy) is 1. The minimum absolute atomic E-state index is 0.169. The highest BCUT2D eigenvalue weighted by molar-refractivity contribution is 8.18. The van der Waals surface area contributed by atoms with Crippen LogP contribution in [0.4, 0.5) is 10.5 Å². The number of aryl methyl sites for hydroxylation is 1. The molecule has 1 aromatic heterocycles. The lowest BCUT2D eigenvalue weighted by Gasteiger charge is -2.12. The number of rotatable bonds is 6. The molecule has 0 atom stereocenters. The summed E-state index contributed by atoms with van der Waals surface area (Å²) in [4.78, 5) is 38.5. The molecule has 168 valence electrons. The highest BCUT2D eigenvalue weighted by atomic mass is 35.5. The molecule has 2 heterocycles. The molecule has 0 spiro atoms. The van der Waals surface area contributed by atoms with Gasteiger partial charge in [-0.1, -0.05) is 29.3 Å². The van der Waals surface area contributed by atoms with Crippen molar-refractivity contribution in [2.24, 2.45) is 0 Å². The third-order valence-electron chi connectivity index (χ3n) is 4.84. The van der Waals surface area contributed by atoms with E-state index in [2.05, 4.69) is 5.32 Å². The Balaban J connectivity index is 1.47. The van der Waals surface area contributed by atoms with E-state index in [4.69, 9.17) is 20.8 Å². The third kappa shape index (κ3) is 5.13. The quantitative estimate of drug-likeness (QED) is 0.460. The van der Waals surface area contributed by atoms with Crippen LogP contribution in [-0.4, -0.2) is 35.6 Å². The molecule has 1 aliphatic heterocycles. The molecule has 3 aromatic rings. The van der Waals surface area contributed by atoms with Gasteiger partial charge in [0, 0.05) is 16.8 Å². The number of carbonyl (C=O) groups excluding carboxylic acids is 3. The molecule has 1 aliphatic rings. The number of anilines is 1. The Morgan fingerprint density at radius 3 is 2.64 bits per heavy atom. The van der Waals surface area contributed by atoms with E-state index in [1.807, 2.05) is 19.1 Å². The van der Waals surface area contributed by atoms with Crippen LogP contribution >= 0.6 is 23.4 Å². The summed E-state index contributed by atoms with van der Waals surface area (Å²) in [6.07, 6.45) is 1.48. The molecule has 0 bridgehead atoms. The van der Waals surface area contributed by atoms with Crippen molar-refractivity contribution in [2.45, 2.75) is 6.92 Å². The lowest BCUT2D eigenvalue weighted by atomic mass is 10.1. The Hall–Kier alpha value is -3.49. The molecule has 33 heavy (non-hydrogen) atoms. The number of halogens is 1. The van der Waals surface area contributed by atoms with Crippen LogP contribution in [0.2, 0.25) is 5.02 Å². The van der Waals surface area contributed by atoms with Gasteiger partial charge in [-0.25, -0.2) is 0 Å². The highest BCUT2D eigenvalue weighted by Gasteiger charge is 2.36. The second kappa shape index (κ2) is 9.56. The van der Waals surface area contributed by atoms with E-state index in [0.29, 0.717) is 33.5 Å². The fraction of sp³-hybridized carbons (Fsp3) is 0.125. The normalized spacial score (nSPS) is 14.8. The fourth-order valence-corrected chi connectivity index (χ4v) is 4.18. The summed E-state index contributed by atoms with van der Waals surface area (Å²) in [5, 5.41) is 2.69. The maximum absolute atomic E-state index is 12.7. The van der Waals surface area contributed by atoms with Crippen molar-refractivity contribution in [3.8, 4) is 17.1 Å². The van der Waals surface area contributed by atoms with Crippen LogP contribution in [0.1, 0.15) is 11.3 Å². The van der Waals surface area contributed by atoms with Crippen LogP contribution in [0, 0.1) is 6.92 Å². The molecular weight excluding hydrogens is 464 g/mol. The molecule has 0 aliphatic carbocycles. The Morgan fingerprint density at radius 2 is 1.91 bits per heavy atom. The molecule has 7 nitrogen and oxygen atoms in total. The average Bonchev–Trinajstić information content (AvgIpc) is 3.35. The van der Waals surface area contributed by atoms with Crippen molar-refractivity contribution in [3.05, 3.63) is 75.8 Å². The van der Waals surface area contributed by atoms with Gasteiger partial charge in [-0.2, -0.15) is 0 Å². The minimum atomic E-state index is -0.553. The second-order valence-corrected chi connectivity index (χ2v) is 8.66. The summed E-state index contributed by atoms with van der Waals surface area (Å²) in [6, 6.07) is 15.8. The van der Waals surface area contributed by atoms with Crippen molar-refractivity contribution in [1.82, 2.24) is 4.90 Å². The Labute approximate surface area is 199 Å². The number of amides is 3. The van der Waals surface area contributed by atoms with Gasteiger partial charge in [-0.15, -0.1) is 0 Å². The zero-order chi connectivity index (χ0) is 23.5. The van der Waals surface area contributed by atoms with Gasteiger partial charge in [0.15, 0.2) is 0 Å². The third-order valence-corrected chi connectivity index (χ3v) is 5.98. The molecule has 2 aromatic carbocycles. The number of hydrogen-bond acceptors (Lipinski definition) is 6. The highest BCUT2D eigenvalue weighted by Crippen LogP contribution is 2.36. The standard InChI is InChI=1S/C24H19ClN2O5S/c1-14-3-6-16(7-4-14)26-22(28)13-27-23(29)21(33-24(27)30)12-17-8-10-20(32-17)18-11-15(25)5-9-19(18)31-2/h3-12H,13H2,1-2H3,(H,26,28)/b21-12+. The summed E-state index contributed by atoms with van der Waals surface area (Å²) in [5.74, 6) is 0.442. The predicted octanol–water partition coefficient (Wildman–Crippen LogP) is 5.59. The van der Waals surface area contributed by atoms with Crippen molar-refractivity contribution in [1.29, 1.82) is 0 Å². The summed E-state index contributed by atoms with van der Waals surface area (Å²) in [6.45, 7) is 1.56. The van der Waals surface area contributed by atoms with E-state index in [1.165, 1.54) is 6.08 Å². The number of imide groups is 1. The van der Waals surface area contributed by atoms with Gasteiger partial charge in [0.2, 0.25) is 5.91 Å². The molecule has 1 N–H and O–H groups in total. The molecule has 1 saturated heterocycles. The van der Waals surface area contributed by atoms with Gasteiger partial charge in [0.25, 0.3) is 11.1 Å². The molecular formula is C24H19ClN2O5S. The molecule has 9 heteroatoms. The summed E-state index contributed by atoms with van der Waals surface area (Å²) in [5.41, 5.74) is 2.30. The van der Waals surface area contributed by atoms with Crippen molar-refractivity contribution >= 4 is 52.2 Å². The first-order valence-electron chi connectivity index (χ1n) is 9.89. The molecule has 3 amide bonds. The van der Waals surface area contributed by atoms with Crippen LogP contribution in [0.15, 0.2) is 63.9 Å². The van der Waals surface area contributed by atoms with Crippen molar-refractivity contribution in [2.75, 3.05) is 19.0 Å². The summed E-state index contributed by atoms with van der Waals surface area (Å²) >= 11 is 6.84. The molecule has 1 fully saturated rings. The average molecular weight is 483 g/mol. The number of methoxy groups -OCH3 is 1. The molecule has 0 saturated carbocycles. The van der Waals surface area contributed by atoms with Gasteiger partial charge < -0.3 is 14.5 Å². The van der Waals surface area contributed by atoms with E-state index >= 15 is 0 Å². The van der Waals surface area contributed by atoms with E-state index in [1.54, 1.807) is 49.6 Å². The number of furan rings is 1. The zero-order valence-electron chi connectivity index (χ0n) is 17.8. The van der Waals surface area contributed by atoms with Gasteiger partial charge in [0.1, 0.15) is 23.8 Å². The minimum Gasteiger partial charge on any atom is -0.496 e. The first kappa shape index (κ1) is 22.7. The predicted molar refractivity (Wildman–Crippen MR) is 128 cm³/mol. The van der Waals surface area contributed by atoms with Crippen LogP contribution in [-0.2, 0) is 9.59 Å². The van der Waals surface area contributed by atoms with Crippen LogP contribution < -0.4 is 10.1 Å². The second-order valence-electron chi connectivity index (χ2n) is 7.23. The number of nitrogens with zero attached hydrogens (tertiary/aromatic N) is 1. The Morgan fingerprint density at radius 1 is 1.15 bits per heavy atom.